The van der Waals surface area contributed by atoms with Crippen molar-refractivity contribution < 1.29 is 13.3 Å². The maximum atomic E-state index is 12.8. The zero-order chi connectivity index (χ0) is 10.8. The first kappa shape index (κ1) is 9.72. The topological polar surface area (TPSA) is 64.9 Å². The molecule has 0 bridgehead atoms. The van der Waals surface area contributed by atoms with Gasteiger partial charge in [0.1, 0.15) is 11.6 Å². The molecule has 0 fully saturated rings. The normalized spacial score (nSPS) is 10.6. The number of aromatic nitrogens is 2. The molecule has 0 aliphatic heterocycles. The number of halogens is 2. The SMILES string of the molecule is NCc1noc(-c2cc(F)cc(F)c2)n1. The van der Waals surface area contributed by atoms with Gasteiger partial charge < -0.3 is 10.3 Å². The lowest BCUT2D eigenvalue weighted by atomic mass is 10.2. The predicted molar refractivity (Wildman–Crippen MR) is 47.5 cm³/mol. The summed E-state index contributed by atoms with van der Waals surface area (Å²) in [6.45, 7) is 0.112. The summed E-state index contributed by atoms with van der Waals surface area (Å²) in [6.07, 6.45) is 0. The molecule has 0 aliphatic rings. The monoisotopic (exact) mass is 211 g/mol. The molecule has 1 heterocycles. The van der Waals surface area contributed by atoms with E-state index in [9.17, 15) is 8.78 Å². The van der Waals surface area contributed by atoms with Gasteiger partial charge in [-0.05, 0) is 12.1 Å². The Balaban J connectivity index is 2.44. The summed E-state index contributed by atoms with van der Waals surface area (Å²) in [5.41, 5.74) is 5.46. The van der Waals surface area contributed by atoms with Gasteiger partial charge in [-0.2, -0.15) is 4.98 Å². The Hall–Kier alpha value is -1.82. The van der Waals surface area contributed by atoms with Gasteiger partial charge in [-0.25, -0.2) is 8.78 Å². The Morgan fingerprint density at radius 2 is 1.87 bits per heavy atom. The van der Waals surface area contributed by atoms with Crippen LogP contribution in [0.4, 0.5) is 8.78 Å². The van der Waals surface area contributed by atoms with E-state index in [1.54, 1.807) is 0 Å². The lowest BCUT2D eigenvalue weighted by molar-refractivity contribution is 0.422. The zero-order valence-corrected chi connectivity index (χ0v) is 7.58. The lowest BCUT2D eigenvalue weighted by Gasteiger charge is -1.94. The smallest absolute Gasteiger partial charge is 0.258 e. The Morgan fingerprint density at radius 3 is 2.40 bits per heavy atom. The van der Waals surface area contributed by atoms with Crippen molar-refractivity contribution in [3.05, 3.63) is 35.7 Å². The average molecular weight is 211 g/mol. The molecule has 1 aromatic carbocycles. The van der Waals surface area contributed by atoms with Gasteiger partial charge in [0.05, 0.1) is 6.54 Å². The number of benzene rings is 1. The molecule has 4 nitrogen and oxygen atoms in total. The molecule has 2 aromatic rings. The van der Waals surface area contributed by atoms with Gasteiger partial charge in [0.2, 0.25) is 0 Å². The fourth-order valence-corrected chi connectivity index (χ4v) is 1.13. The molecule has 0 atom stereocenters. The Bertz CT molecular complexity index is 464. The summed E-state index contributed by atoms with van der Waals surface area (Å²) in [7, 11) is 0. The van der Waals surface area contributed by atoms with E-state index >= 15 is 0 Å². The van der Waals surface area contributed by atoms with Crippen LogP contribution in [-0.4, -0.2) is 10.1 Å². The largest absolute Gasteiger partial charge is 0.334 e. The summed E-state index contributed by atoms with van der Waals surface area (Å²) < 4.78 is 30.5. The highest BCUT2D eigenvalue weighted by atomic mass is 19.1. The van der Waals surface area contributed by atoms with E-state index < -0.39 is 11.6 Å². The van der Waals surface area contributed by atoms with Crippen molar-refractivity contribution in [2.24, 2.45) is 5.73 Å². The molecule has 0 aliphatic carbocycles. The first-order valence-electron chi connectivity index (χ1n) is 4.18. The van der Waals surface area contributed by atoms with Crippen LogP contribution in [0.25, 0.3) is 11.5 Å². The second-order valence-corrected chi connectivity index (χ2v) is 2.88. The van der Waals surface area contributed by atoms with Crippen molar-refractivity contribution in [2.75, 3.05) is 0 Å². The van der Waals surface area contributed by atoms with Gasteiger partial charge in [0, 0.05) is 11.6 Å². The van der Waals surface area contributed by atoms with Crippen LogP contribution in [0.15, 0.2) is 22.7 Å². The Morgan fingerprint density at radius 1 is 1.20 bits per heavy atom. The molecule has 1 aromatic heterocycles. The second-order valence-electron chi connectivity index (χ2n) is 2.88. The van der Waals surface area contributed by atoms with Gasteiger partial charge in [-0.3, -0.25) is 0 Å². The minimum atomic E-state index is -0.697. The number of nitrogens with two attached hydrogens (primary N) is 1. The van der Waals surface area contributed by atoms with Gasteiger partial charge in [0.15, 0.2) is 5.82 Å². The fourth-order valence-electron chi connectivity index (χ4n) is 1.13. The third-order valence-corrected chi connectivity index (χ3v) is 1.76. The van der Waals surface area contributed by atoms with Crippen LogP contribution < -0.4 is 5.73 Å². The summed E-state index contributed by atoms with van der Waals surface area (Å²) in [4.78, 5) is 3.85. The minimum Gasteiger partial charge on any atom is -0.334 e. The standard InChI is InChI=1S/C9H7F2N3O/c10-6-1-5(2-7(11)3-6)9-13-8(4-12)14-15-9/h1-3H,4,12H2. The second kappa shape index (κ2) is 3.74. The lowest BCUT2D eigenvalue weighted by Crippen LogP contribution is -1.97. The van der Waals surface area contributed by atoms with E-state index in [-0.39, 0.29) is 23.8 Å². The minimum absolute atomic E-state index is 0.0499. The van der Waals surface area contributed by atoms with Crippen LogP contribution in [0.3, 0.4) is 0 Å². The zero-order valence-electron chi connectivity index (χ0n) is 7.58. The van der Waals surface area contributed by atoms with Gasteiger partial charge >= 0.3 is 0 Å². The van der Waals surface area contributed by atoms with Crippen LogP contribution in [-0.2, 0) is 6.54 Å². The van der Waals surface area contributed by atoms with E-state index in [0.717, 1.165) is 18.2 Å². The molecular formula is C9H7F2N3O. The van der Waals surface area contributed by atoms with E-state index in [1.807, 2.05) is 0 Å². The highest BCUT2D eigenvalue weighted by Gasteiger charge is 2.10. The predicted octanol–water partition coefficient (Wildman–Crippen LogP) is 1.47. The quantitative estimate of drug-likeness (QED) is 0.816. The van der Waals surface area contributed by atoms with E-state index in [1.165, 1.54) is 0 Å². The summed E-state index contributed by atoms with van der Waals surface area (Å²) in [5, 5.41) is 3.51. The van der Waals surface area contributed by atoms with Crippen molar-refractivity contribution in [1.82, 2.24) is 10.1 Å². The molecule has 0 unspecified atom stereocenters. The maximum absolute atomic E-state index is 12.8. The van der Waals surface area contributed by atoms with Crippen molar-refractivity contribution in [3.8, 4) is 11.5 Å². The Labute approximate surface area is 83.7 Å². The molecule has 6 heteroatoms. The molecule has 0 saturated heterocycles. The summed E-state index contributed by atoms with van der Waals surface area (Å²) in [6, 6.07) is 2.98. The third-order valence-electron chi connectivity index (χ3n) is 1.76. The highest BCUT2D eigenvalue weighted by molar-refractivity contribution is 5.52. The van der Waals surface area contributed by atoms with Crippen molar-refractivity contribution in [1.29, 1.82) is 0 Å². The van der Waals surface area contributed by atoms with E-state index in [2.05, 4.69) is 10.1 Å². The maximum Gasteiger partial charge on any atom is 0.258 e. The molecule has 0 saturated carbocycles. The van der Waals surface area contributed by atoms with Gasteiger partial charge in [-0.15, -0.1) is 0 Å². The Kier molecular flexibility index (Phi) is 2.42. The first-order valence-corrected chi connectivity index (χ1v) is 4.18. The van der Waals surface area contributed by atoms with Crippen LogP contribution in [0.2, 0.25) is 0 Å². The molecular weight excluding hydrogens is 204 g/mol. The molecule has 2 rings (SSSR count). The molecule has 0 amide bonds. The van der Waals surface area contributed by atoms with E-state index in [4.69, 9.17) is 10.3 Å². The third kappa shape index (κ3) is 1.99. The fraction of sp³-hybridized carbons (Fsp3) is 0.111. The van der Waals surface area contributed by atoms with Crippen LogP contribution in [0.5, 0.6) is 0 Å². The summed E-state index contributed by atoms with van der Waals surface area (Å²) in [5.74, 6) is -1.06. The van der Waals surface area contributed by atoms with E-state index in [0.29, 0.717) is 0 Å². The number of nitrogens with zero attached hydrogens (tertiary/aromatic N) is 2. The molecule has 2 N–H and O–H groups in total. The van der Waals surface area contributed by atoms with Crippen molar-refractivity contribution in [2.45, 2.75) is 6.54 Å². The molecule has 0 spiro atoms. The first-order chi connectivity index (χ1) is 7.19. The number of hydrogen-bond donors (Lipinski definition) is 1. The average Bonchev–Trinajstić information content (AvgIpc) is 2.64. The number of hydrogen-bond acceptors (Lipinski definition) is 4. The van der Waals surface area contributed by atoms with Crippen molar-refractivity contribution >= 4 is 0 Å². The molecule has 15 heavy (non-hydrogen) atoms. The molecule has 0 radical (unpaired) electrons. The van der Waals surface area contributed by atoms with Crippen molar-refractivity contribution in [3.63, 3.8) is 0 Å². The van der Waals surface area contributed by atoms with Crippen LogP contribution >= 0.6 is 0 Å². The van der Waals surface area contributed by atoms with Gasteiger partial charge in [0.25, 0.3) is 5.89 Å². The number of rotatable bonds is 2. The van der Waals surface area contributed by atoms with Crippen LogP contribution in [0, 0.1) is 11.6 Å². The molecule has 78 valence electrons. The highest BCUT2D eigenvalue weighted by Crippen LogP contribution is 2.19. The van der Waals surface area contributed by atoms with Crippen LogP contribution in [0.1, 0.15) is 5.82 Å². The van der Waals surface area contributed by atoms with Gasteiger partial charge in [-0.1, -0.05) is 5.16 Å². The summed E-state index contributed by atoms with van der Waals surface area (Å²) >= 11 is 0.